The highest BCUT2D eigenvalue weighted by atomic mass is 19.4. The second kappa shape index (κ2) is 12.8. The maximum atomic E-state index is 13.6. The third kappa shape index (κ3) is 6.96. The van der Waals surface area contributed by atoms with Crippen LogP contribution in [0.5, 0.6) is 5.75 Å². The fraction of sp³-hybridized carbons (Fsp3) is 0.536. The van der Waals surface area contributed by atoms with Crippen molar-refractivity contribution in [2.45, 2.75) is 50.9 Å². The standard InChI is InChI=1S/C28H36F3N5O4/c1-3-40-23-7-4-19(5-8-23)26(20-10-14-32-15-11-20)34(2)27(37)35-16-12-21(13-17-35)33-22-6-9-25(36(38)39)24(18-22)28(29,30)31/h4-9,18,20-21,26,32-33H,3,10-17H2,1-2H3. The minimum Gasteiger partial charge on any atom is -0.494 e. The first-order valence-corrected chi connectivity index (χ1v) is 13.7. The molecule has 0 radical (unpaired) electrons. The molecule has 218 valence electrons. The summed E-state index contributed by atoms with van der Waals surface area (Å²) in [5.74, 6) is 1.09. The van der Waals surface area contributed by atoms with E-state index in [1.807, 2.05) is 43.1 Å². The van der Waals surface area contributed by atoms with Crippen LogP contribution in [0.3, 0.4) is 0 Å². The topological polar surface area (TPSA) is 100.0 Å². The molecule has 2 N–H and O–H groups in total. The molecule has 2 amide bonds. The van der Waals surface area contributed by atoms with Gasteiger partial charge in [0.05, 0.1) is 17.6 Å². The Balaban J connectivity index is 1.42. The minimum absolute atomic E-state index is 0.0782. The van der Waals surface area contributed by atoms with E-state index >= 15 is 0 Å². The predicted octanol–water partition coefficient (Wildman–Crippen LogP) is 5.68. The summed E-state index contributed by atoms with van der Waals surface area (Å²) >= 11 is 0. The first-order valence-electron chi connectivity index (χ1n) is 13.7. The highest BCUT2D eigenvalue weighted by Crippen LogP contribution is 2.38. The van der Waals surface area contributed by atoms with Gasteiger partial charge in [0, 0.05) is 37.9 Å². The number of urea groups is 1. The van der Waals surface area contributed by atoms with Gasteiger partial charge < -0.3 is 25.2 Å². The summed E-state index contributed by atoms with van der Waals surface area (Å²) in [6, 6.07) is 10.5. The highest BCUT2D eigenvalue weighted by molar-refractivity contribution is 5.75. The Kier molecular flexibility index (Phi) is 9.39. The van der Waals surface area contributed by atoms with Gasteiger partial charge in [-0.25, -0.2) is 4.79 Å². The number of alkyl halides is 3. The number of carbonyl (C=O) groups excluding carboxylic acids is 1. The molecule has 0 aromatic heterocycles. The minimum atomic E-state index is -4.84. The number of halogens is 3. The van der Waals surface area contributed by atoms with Crippen LogP contribution in [0.2, 0.25) is 0 Å². The molecule has 9 nitrogen and oxygen atoms in total. The molecular formula is C28H36F3N5O4. The van der Waals surface area contributed by atoms with E-state index in [4.69, 9.17) is 4.74 Å². The maximum absolute atomic E-state index is 13.6. The highest BCUT2D eigenvalue weighted by Gasteiger charge is 2.39. The number of hydrogen-bond acceptors (Lipinski definition) is 6. The van der Waals surface area contributed by atoms with Gasteiger partial charge in [0.15, 0.2) is 0 Å². The Bertz CT molecular complexity index is 1160. The van der Waals surface area contributed by atoms with E-state index in [-0.39, 0.29) is 23.8 Å². The molecule has 0 aliphatic carbocycles. The number of nitro benzene ring substituents is 1. The summed E-state index contributed by atoms with van der Waals surface area (Å²) in [7, 11) is 1.84. The Morgan fingerprint density at radius 1 is 1.15 bits per heavy atom. The van der Waals surface area contributed by atoms with Crippen molar-refractivity contribution in [3.8, 4) is 5.75 Å². The number of ether oxygens (including phenoxy) is 1. The molecule has 2 aromatic carbocycles. The number of rotatable bonds is 8. The Labute approximate surface area is 231 Å². The Hall–Kier alpha value is -3.54. The van der Waals surface area contributed by atoms with Crippen molar-refractivity contribution in [1.29, 1.82) is 0 Å². The fourth-order valence-electron chi connectivity index (χ4n) is 5.70. The van der Waals surface area contributed by atoms with Gasteiger partial charge in [-0.15, -0.1) is 0 Å². The van der Waals surface area contributed by atoms with Crippen LogP contribution >= 0.6 is 0 Å². The van der Waals surface area contributed by atoms with E-state index in [1.165, 1.54) is 6.07 Å². The number of likely N-dealkylation sites (tertiary alicyclic amines) is 1. The smallest absolute Gasteiger partial charge is 0.423 e. The van der Waals surface area contributed by atoms with Crippen molar-refractivity contribution in [2.24, 2.45) is 5.92 Å². The number of nitrogens with zero attached hydrogens (tertiary/aromatic N) is 3. The normalized spacial score (nSPS) is 17.8. The zero-order valence-electron chi connectivity index (χ0n) is 22.7. The summed E-state index contributed by atoms with van der Waals surface area (Å²) in [6.45, 7) is 5.20. The van der Waals surface area contributed by atoms with E-state index in [1.54, 1.807) is 4.90 Å². The molecule has 0 bridgehead atoms. The molecule has 1 unspecified atom stereocenters. The monoisotopic (exact) mass is 563 g/mol. The van der Waals surface area contributed by atoms with Crippen LogP contribution in [-0.2, 0) is 6.18 Å². The van der Waals surface area contributed by atoms with Crippen molar-refractivity contribution in [2.75, 3.05) is 45.2 Å². The van der Waals surface area contributed by atoms with Crippen LogP contribution in [-0.4, -0.2) is 66.6 Å². The largest absolute Gasteiger partial charge is 0.494 e. The summed E-state index contributed by atoms with van der Waals surface area (Å²) in [5.41, 5.74) is -1.03. The molecular weight excluding hydrogens is 527 g/mol. The van der Waals surface area contributed by atoms with Crippen LogP contribution in [0.1, 0.15) is 49.8 Å². The zero-order chi connectivity index (χ0) is 28.9. The van der Waals surface area contributed by atoms with E-state index in [0.29, 0.717) is 38.5 Å². The first-order chi connectivity index (χ1) is 19.1. The number of nitrogens with one attached hydrogen (secondary N) is 2. The quantitative estimate of drug-likeness (QED) is 0.317. The van der Waals surface area contributed by atoms with E-state index < -0.39 is 22.4 Å². The molecule has 1 atom stereocenters. The molecule has 2 fully saturated rings. The van der Waals surface area contributed by atoms with Gasteiger partial charge in [-0.2, -0.15) is 13.2 Å². The van der Waals surface area contributed by atoms with E-state index in [2.05, 4.69) is 10.6 Å². The van der Waals surface area contributed by atoms with Crippen molar-refractivity contribution in [3.05, 3.63) is 63.7 Å². The van der Waals surface area contributed by atoms with Crippen molar-refractivity contribution >= 4 is 17.4 Å². The number of anilines is 1. The fourth-order valence-corrected chi connectivity index (χ4v) is 5.70. The lowest BCUT2D eigenvalue weighted by atomic mass is 9.85. The van der Waals surface area contributed by atoms with Crippen LogP contribution in [0.4, 0.5) is 29.3 Å². The van der Waals surface area contributed by atoms with Crippen molar-refractivity contribution in [1.82, 2.24) is 15.1 Å². The molecule has 2 heterocycles. The molecule has 4 rings (SSSR count). The van der Waals surface area contributed by atoms with Gasteiger partial charge in [-0.1, -0.05) is 12.1 Å². The van der Waals surface area contributed by atoms with Crippen LogP contribution in [0.25, 0.3) is 0 Å². The Morgan fingerprint density at radius 3 is 2.38 bits per heavy atom. The van der Waals surface area contributed by atoms with E-state index in [9.17, 15) is 28.1 Å². The molecule has 2 aromatic rings. The van der Waals surface area contributed by atoms with Gasteiger partial charge in [0.1, 0.15) is 11.3 Å². The zero-order valence-corrected chi connectivity index (χ0v) is 22.7. The number of nitro groups is 1. The number of benzene rings is 2. The molecule has 2 aliphatic heterocycles. The molecule has 2 aliphatic rings. The van der Waals surface area contributed by atoms with Crippen LogP contribution in [0.15, 0.2) is 42.5 Å². The third-order valence-corrected chi connectivity index (χ3v) is 7.72. The van der Waals surface area contributed by atoms with Crippen LogP contribution in [0, 0.1) is 16.0 Å². The molecule has 40 heavy (non-hydrogen) atoms. The van der Waals surface area contributed by atoms with Gasteiger partial charge in [-0.3, -0.25) is 10.1 Å². The lowest BCUT2D eigenvalue weighted by molar-refractivity contribution is -0.388. The van der Waals surface area contributed by atoms with Crippen molar-refractivity contribution in [3.63, 3.8) is 0 Å². The van der Waals surface area contributed by atoms with Crippen LogP contribution < -0.4 is 15.4 Å². The molecule has 2 saturated heterocycles. The van der Waals surface area contributed by atoms with Gasteiger partial charge in [0.2, 0.25) is 0 Å². The summed E-state index contributed by atoms with van der Waals surface area (Å²) in [6.07, 6.45) is -1.85. The summed E-state index contributed by atoms with van der Waals surface area (Å²) in [5, 5.41) is 17.5. The number of carbonyl (C=O) groups is 1. The second-order valence-corrected chi connectivity index (χ2v) is 10.3. The van der Waals surface area contributed by atoms with Gasteiger partial charge >= 0.3 is 12.2 Å². The number of piperidine rings is 2. The Morgan fingerprint density at radius 2 is 1.80 bits per heavy atom. The molecule has 0 spiro atoms. The molecule has 12 heteroatoms. The first kappa shape index (κ1) is 29.4. The number of amides is 2. The summed E-state index contributed by atoms with van der Waals surface area (Å²) in [4.78, 5) is 27.3. The summed E-state index contributed by atoms with van der Waals surface area (Å²) < 4.78 is 45.7. The average molecular weight is 564 g/mol. The lowest BCUT2D eigenvalue weighted by Gasteiger charge is -2.41. The third-order valence-electron chi connectivity index (χ3n) is 7.72. The lowest BCUT2D eigenvalue weighted by Crippen LogP contribution is -2.50. The van der Waals surface area contributed by atoms with Crippen molar-refractivity contribution < 1.29 is 27.6 Å². The molecule has 0 saturated carbocycles. The SMILES string of the molecule is CCOc1ccc(C(C2CCNCC2)N(C)C(=O)N2CCC(Nc3ccc([N+](=O)[O-])c(C(F)(F)F)c3)CC2)cc1. The average Bonchev–Trinajstić information content (AvgIpc) is 2.94. The number of hydrogen-bond donors (Lipinski definition) is 2. The van der Waals surface area contributed by atoms with Gasteiger partial charge in [-0.05, 0) is 81.4 Å². The second-order valence-electron chi connectivity index (χ2n) is 10.3. The predicted molar refractivity (Wildman–Crippen MR) is 145 cm³/mol. The van der Waals surface area contributed by atoms with E-state index in [0.717, 1.165) is 49.4 Å². The van der Waals surface area contributed by atoms with Gasteiger partial charge in [0.25, 0.3) is 5.69 Å². The maximum Gasteiger partial charge on any atom is 0.423 e.